The monoisotopic (exact) mass is 427 g/mol. The number of likely N-dealkylation sites (N-methyl/N-ethyl adjacent to an activating group) is 1. The van der Waals surface area contributed by atoms with Crippen LogP contribution in [-0.4, -0.2) is 56.3 Å². The van der Waals surface area contributed by atoms with Crippen molar-refractivity contribution in [1.29, 1.82) is 0 Å². The molecule has 0 aliphatic carbocycles. The molecule has 2 aromatic carbocycles. The van der Waals surface area contributed by atoms with Gasteiger partial charge < -0.3 is 19.3 Å². The second-order valence-corrected chi connectivity index (χ2v) is 7.84. The maximum Gasteiger partial charge on any atom is 0.338 e. The molecule has 0 saturated heterocycles. The molecule has 2 rings (SSSR count). The molecule has 0 aromatic heterocycles. The fraction of sp³-hybridized carbons (Fsp3) is 0.440. The standard InChI is InChI=1S/C25H34N2O4/c1-5-8-18-30-23-12-10-9-11-22(23)24(28)26-21-15-13-20(14-16-21)25(29)31-19-17-27(4,6-2)7-3/h9-16H,5-8,17-19H2,1-4H3/p+1. The summed E-state index contributed by atoms with van der Waals surface area (Å²) >= 11 is 0. The second kappa shape index (κ2) is 12.1. The first-order valence-corrected chi connectivity index (χ1v) is 11.1. The van der Waals surface area contributed by atoms with Crippen LogP contribution in [0.1, 0.15) is 54.3 Å². The van der Waals surface area contributed by atoms with Crippen LogP contribution in [0.3, 0.4) is 0 Å². The van der Waals surface area contributed by atoms with Gasteiger partial charge in [0.2, 0.25) is 0 Å². The van der Waals surface area contributed by atoms with E-state index in [1.165, 1.54) is 0 Å². The summed E-state index contributed by atoms with van der Waals surface area (Å²) in [5, 5.41) is 2.86. The summed E-state index contributed by atoms with van der Waals surface area (Å²) in [6.45, 7) is 10.1. The van der Waals surface area contributed by atoms with Crippen LogP contribution in [0.4, 0.5) is 5.69 Å². The van der Waals surface area contributed by atoms with Gasteiger partial charge in [-0.1, -0.05) is 25.5 Å². The lowest BCUT2D eigenvalue weighted by Crippen LogP contribution is -2.46. The zero-order chi connectivity index (χ0) is 22.7. The fourth-order valence-corrected chi connectivity index (χ4v) is 2.98. The maximum atomic E-state index is 12.7. The van der Waals surface area contributed by atoms with Gasteiger partial charge in [0.1, 0.15) is 18.9 Å². The summed E-state index contributed by atoms with van der Waals surface area (Å²) in [4.78, 5) is 25.0. The molecular formula is C25H35N2O4+. The lowest BCUT2D eigenvalue weighted by atomic mass is 10.1. The Morgan fingerprint density at radius 2 is 1.61 bits per heavy atom. The Balaban J connectivity index is 1.94. The topological polar surface area (TPSA) is 64.6 Å². The van der Waals surface area contributed by atoms with E-state index in [0.29, 0.717) is 35.8 Å². The van der Waals surface area contributed by atoms with Gasteiger partial charge in [0, 0.05) is 5.69 Å². The highest BCUT2D eigenvalue weighted by Crippen LogP contribution is 2.20. The Morgan fingerprint density at radius 3 is 2.26 bits per heavy atom. The number of nitrogens with zero attached hydrogens (tertiary/aromatic N) is 1. The first kappa shape index (κ1) is 24.4. The molecule has 0 heterocycles. The Labute approximate surface area is 185 Å². The van der Waals surface area contributed by atoms with Crippen LogP contribution in [0.25, 0.3) is 0 Å². The highest BCUT2D eigenvalue weighted by atomic mass is 16.5. The summed E-state index contributed by atoms with van der Waals surface area (Å²) in [6.07, 6.45) is 1.96. The van der Waals surface area contributed by atoms with Crippen LogP contribution in [0.15, 0.2) is 48.5 Å². The smallest absolute Gasteiger partial charge is 0.338 e. The number of quaternary nitrogens is 1. The van der Waals surface area contributed by atoms with Crippen molar-refractivity contribution in [2.45, 2.75) is 33.6 Å². The predicted molar refractivity (Wildman–Crippen MR) is 124 cm³/mol. The molecule has 0 fully saturated rings. The Morgan fingerprint density at radius 1 is 0.935 bits per heavy atom. The van der Waals surface area contributed by atoms with Gasteiger partial charge in [-0.2, -0.15) is 0 Å². The maximum absolute atomic E-state index is 12.7. The van der Waals surface area contributed by atoms with Crippen LogP contribution < -0.4 is 10.1 Å². The number of ether oxygens (including phenoxy) is 2. The van der Waals surface area contributed by atoms with Crippen molar-refractivity contribution in [3.8, 4) is 5.75 Å². The van der Waals surface area contributed by atoms with Crippen molar-refractivity contribution in [2.75, 3.05) is 45.2 Å². The number of benzene rings is 2. The van der Waals surface area contributed by atoms with Gasteiger partial charge >= 0.3 is 5.97 Å². The molecule has 0 radical (unpaired) electrons. The molecule has 0 unspecified atom stereocenters. The van der Waals surface area contributed by atoms with Crippen LogP contribution in [0.5, 0.6) is 5.75 Å². The molecule has 0 bridgehead atoms. The zero-order valence-corrected chi connectivity index (χ0v) is 19.1. The van der Waals surface area contributed by atoms with Crippen molar-refractivity contribution in [3.63, 3.8) is 0 Å². The molecule has 168 valence electrons. The Bertz CT molecular complexity index is 845. The molecule has 6 nitrogen and oxygen atoms in total. The van der Waals surface area contributed by atoms with Crippen molar-refractivity contribution in [3.05, 3.63) is 59.7 Å². The van der Waals surface area contributed by atoms with Crippen LogP contribution >= 0.6 is 0 Å². The summed E-state index contributed by atoms with van der Waals surface area (Å²) in [5.74, 6) is -0.0388. The normalized spacial score (nSPS) is 11.1. The summed E-state index contributed by atoms with van der Waals surface area (Å²) in [6, 6.07) is 13.9. The number of anilines is 1. The van der Waals surface area contributed by atoms with Crippen molar-refractivity contribution < 1.29 is 23.5 Å². The zero-order valence-electron chi connectivity index (χ0n) is 19.1. The number of nitrogens with one attached hydrogen (secondary N) is 1. The molecule has 1 amide bonds. The highest BCUT2D eigenvalue weighted by molar-refractivity contribution is 6.06. The summed E-state index contributed by atoms with van der Waals surface area (Å²) in [7, 11) is 2.15. The fourth-order valence-electron chi connectivity index (χ4n) is 2.98. The molecule has 2 aromatic rings. The first-order valence-electron chi connectivity index (χ1n) is 11.1. The van der Waals surface area contributed by atoms with Gasteiger partial charge in [-0.25, -0.2) is 4.79 Å². The number of carbonyl (C=O) groups is 2. The molecule has 31 heavy (non-hydrogen) atoms. The molecule has 6 heteroatoms. The predicted octanol–water partition coefficient (Wildman–Crippen LogP) is 4.76. The van der Waals surface area contributed by atoms with Crippen molar-refractivity contribution in [1.82, 2.24) is 0 Å². The van der Waals surface area contributed by atoms with Crippen LogP contribution in [-0.2, 0) is 4.74 Å². The number of unbranched alkanes of at least 4 members (excludes halogenated alkanes) is 1. The molecule has 0 atom stereocenters. The SMILES string of the molecule is CCCCOc1ccccc1C(=O)Nc1ccc(C(=O)OCC[N+](C)(CC)CC)cc1. The van der Waals surface area contributed by atoms with E-state index >= 15 is 0 Å². The molecule has 0 aliphatic rings. The number of carbonyl (C=O) groups excluding carboxylic acids is 2. The number of para-hydroxylation sites is 1. The minimum absolute atomic E-state index is 0.251. The van der Waals surface area contributed by atoms with Gasteiger partial charge in [-0.05, 0) is 56.7 Å². The first-order chi connectivity index (χ1) is 14.9. The van der Waals surface area contributed by atoms with Crippen LogP contribution in [0, 0.1) is 0 Å². The van der Waals surface area contributed by atoms with Crippen LogP contribution in [0.2, 0.25) is 0 Å². The van der Waals surface area contributed by atoms with E-state index in [0.717, 1.165) is 37.0 Å². The largest absolute Gasteiger partial charge is 0.493 e. The van der Waals surface area contributed by atoms with Gasteiger partial charge in [-0.15, -0.1) is 0 Å². The summed E-state index contributed by atoms with van der Waals surface area (Å²) in [5.41, 5.74) is 1.55. The average molecular weight is 428 g/mol. The second-order valence-electron chi connectivity index (χ2n) is 7.84. The molecule has 1 N–H and O–H groups in total. The summed E-state index contributed by atoms with van der Waals surface area (Å²) < 4.78 is 12.0. The van der Waals surface area contributed by atoms with Crippen molar-refractivity contribution in [2.24, 2.45) is 0 Å². The number of rotatable bonds is 12. The van der Waals surface area contributed by atoms with Gasteiger partial charge in [0.05, 0.1) is 37.9 Å². The quantitative estimate of drug-likeness (QED) is 0.301. The van der Waals surface area contributed by atoms with Gasteiger partial charge in [-0.3, -0.25) is 4.79 Å². The minimum Gasteiger partial charge on any atom is -0.493 e. The van der Waals surface area contributed by atoms with E-state index < -0.39 is 0 Å². The number of hydrogen-bond donors (Lipinski definition) is 1. The van der Waals surface area contributed by atoms with E-state index in [2.05, 4.69) is 33.1 Å². The third-order valence-electron chi connectivity index (χ3n) is 5.66. The van der Waals surface area contributed by atoms with Gasteiger partial charge in [0.15, 0.2) is 0 Å². The van der Waals surface area contributed by atoms with E-state index in [1.54, 1.807) is 36.4 Å². The Kier molecular flexibility index (Phi) is 9.53. The average Bonchev–Trinajstić information content (AvgIpc) is 2.79. The number of hydrogen-bond acceptors (Lipinski definition) is 4. The molecular weight excluding hydrogens is 392 g/mol. The van der Waals surface area contributed by atoms with E-state index in [-0.39, 0.29) is 11.9 Å². The Hall–Kier alpha value is -2.86. The number of esters is 1. The van der Waals surface area contributed by atoms with E-state index in [4.69, 9.17) is 9.47 Å². The van der Waals surface area contributed by atoms with Crippen molar-refractivity contribution >= 4 is 17.6 Å². The third kappa shape index (κ3) is 7.40. The van der Waals surface area contributed by atoms with E-state index in [1.807, 2.05) is 12.1 Å². The highest BCUT2D eigenvalue weighted by Gasteiger charge is 2.18. The molecule has 0 aliphatic heterocycles. The molecule has 0 spiro atoms. The number of amides is 1. The lowest BCUT2D eigenvalue weighted by Gasteiger charge is -2.31. The third-order valence-corrected chi connectivity index (χ3v) is 5.66. The molecule has 0 saturated carbocycles. The minimum atomic E-state index is -0.355. The van der Waals surface area contributed by atoms with E-state index in [9.17, 15) is 9.59 Å². The lowest BCUT2D eigenvalue weighted by molar-refractivity contribution is -0.906. The van der Waals surface area contributed by atoms with Gasteiger partial charge in [0.25, 0.3) is 5.91 Å².